The molecule has 3 aromatic rings. The normalized spacial score (nSPS) is 14.8. The number of nitrogens with zero attached hydrogens (tertiary/aromatic N) is 5. The molecule has 1 aliphatic heterocycles. The summed E-state index contributed by atoms with van der Waals surface area (Å²) in [5.41, 5.74) is 2.64. The Morgan fingerprint density at radius 2 is 1.77 bits per heavy atom. The van der Waals surface area contributed by atoms with Gasteiger partial charge in [0.05, 0.1) is 0 Å². The Bertz CT molecular complexity index is 1300. The van der Waals surface area contributed by atoms with Crippen LogP contribution in [0.2, 0.25) is 0 Å². The molecule has 8 nitrogen and oxygen atoms in total. The highest BCUT2D eigenvalue weighted by Gasteiger charge is 2.25. The molecule has 1 aromatic heterocycles. The van der Waals surface area contributed by atoms with Crippen LogP contribution in [-0.2, 0) is 11.3 Å². The monoisotopic (exact) mass is 547 g/mol. The number of benzene rings is 2. The van der Waals surface area contributed by atoms with Crippen molar-refractivity contribution in [2.45, 2.75) is 32.9 Å². The average molecular weight is 548 g/mol. The highest BCUT2D eigenvalue weighted by molar-refractivity contribution is 6.06. The molecule has 0 N–H and O–H groups in total. The zero-order valence-electron chi connectivity index (χ0n) is 23.7. The molecule has 0 bridgehead atoms. The molecule has 0 spiro atoms. The third-order valence-electron chi connectivity index (χ3n) is 7.13. The van der Waals surface area contributed by atoms with Crippen LogP contribution in [0.15, 0.2) is 67.0 Å². The number of carbonyl (C=O) groups excluding carboxylic acids is 2. The first-order valence-electron chi connectivity index (χ1n) is 13.6. The topological polar surface area (TPSA) is 69.2 Å². The number of hydrogen-bond acceptors (Lipinski definition) is 6. The molecule has 2 aromatic carbocycles. The quantitative estimate of drug-likeness (QED) is 0.454. The van der Waals surface area contributed by atoms with Crippen LogP contribution in [0, 0.1) is 5.82 Å². The second-order valence-electron chi connectivity index (χ2n) is 10.4. The van der Waals surface area contributed by atoms with E-state index in [9.17, 15) is 14.0 Å². The summed E-state index contributed by atoms with van der Waals surface area (Å²) in [6.45, 7) is 6.57. The summed E-state index contributed by atoms with van der Waals surface area (Å²) in [5.74, 6) is -0.215. The molecule has 0 saturated carbocycles. The van der Waals surface area contributed by atoms with Gasteiger partial charge in [0.15, 0.2) is 6.61 Å². The number of halogens is 1. The fourth-order valence-electron chi connectivity index (χ4n) is 4.82. The minimum Gasteiger partial charge on any atom is -0.484 e. The maximum absolute atomic E-state index is 14.6. The zero-order valence-corrected chi connectivity index (χ0v) is 23.7. The summed E-state index contributed by atoms with van der Waals surface area (Å²) in [7, 11) is 3.89. The molecule has 1 aliphatic rings. The number of carbonyl (C=O) groups is 2. The van der Waals surface area contributed by atoms with E-state index < -0.39 is 5.82 Å². The van der Waals surface area contributed by atoms with Crippen LogP contribution in [0.1, 0.15) is 36.2 Å². The van der Waals surface area contributed by atoms with E-state index in [4.69, 9.17) is 4.74 Å². The molecule has 0 saturated heterocycles. The number of fused-ring (bicyclic) bond motifs is 1. The summed E-state index contributed by atoms with van der Waals surface area (Å²) in [4.78, 5) is 38.9. The first-order chi connectivity index (χ1) is 19.2. The van der Waals surface area contributed by atoms with E-state index in [2.05, 4.69) is 23.7 Å². The van der Waals surface area contributed by atoms with E-state index in [1.54, 1.807) is 40.4 Å². The van der Waals surface area contributed by atoms with E-state index in [0.29, 0.717) is 42.2 Å². The van der Waals surface area contributed by atoms with Gasteiger partial charge in [0.1, 0.15) is 11.6 Å². The van der Waals surface area contributed by atoms with E-state index in [-0.39, 0.29) is 31.0 Å². The van der Waals surface area contributed by atoms with Gasteiger partial charge >= 0.3 is 0 Å². The molecule has 2 heterocycles. The SMILES string of the molecule is CC(C)N1CCCN(C(=O)c2ccncc2)c2ccc(F)cc2CN(C(=O)COc2cccc(N(C)C)c2)CC1. The first kappa shape index (κ1) is 29.0. The summed E-state index contributed by atoms with van der Waals surface area (Å²) in [5, 5.41) is 0. The van der Waals surface area contributed by atoms with Gasteiger partial charge < -0.3 is 19.4 Å². The van der Waals surface area contributed by atoms with Crippen LogP contribution in [0.4, 0.5) is 15.8 Å². The fourth-order valence-corrected chi connectivity index (χ4v) is 4.82. The third kappa shape index (κ3) is 7.35. The Morgan fingerprint density at radius 1 is 1.00 bits per heavy atom. The molecule has 40 heavy (non-hydrogen) atoms. The fraction of sp³-hybridized carbons (Fsp3) is 0.387. The molecule has 2 amide bonds. The molecule has 0 atom stereocenters. The van der Waals surface area contributed by atoms with Crippen molar-refractivity contribution in [2.75, 3.05) is 56.7 Å². The summed E-state index contributed by atoms with van der Waals surface area (Å²) < 4.78 is 20.5. The lowest BCUT2D eigenvalue weighted by Gasteiger charge is -2.30. The van der Waals surface area contributed by atoms with E-state index in [1.807, 2.05) is 43.3 Å². The number of anilines is 2. The van der Waals surface area contributed by atoms with E-state index >= 15 is 0 Å². The Morgan fingerprint density at radius 3 is 2.50 bits per heavy atom. The van der Waals surface area contributed by atoms with Crippen LogP contribution in [0.3, 0.4) is 0 Å². The van der Waals surface area contributed by atoms with Crippen molar-refractivity contribution in [3.63, 3.8) is 0 Å². The predicted octanol–water partition coefficient (Wildman–Crippen LogP) is 4.46. The van der Waals surface area contributed by atoms with Gasteiger partial charge in [-0.15, -0.1) is 0 Å². The molecule has 0 unspecified atom stereocenters. The van der Waals surface area contributed by atoms with Crippen LogP contribution in [-0.4, -0.2) is 79.5 Å². The summed E-state index contributed by atoms with van der Waals surface area (Å²) >= 11 is 0. The van der Waals surface area contributed by atoms with Crippen LogP contribution >= 0.6 is 0 Å². The van der Waals surface area contributed by atoms with Crippen molar-refractivity contribution in [3.8, 4) is 5.75 Å². The van der Waals surface area contributed by atoms with Gasteiger partial charge in [-0.3, -0.25) is 19.5 Å². The lowest BCUT2D eigenvalue weighted by molar-refractivity contribution is -0.134. The minimum atomic E-state index is -0.419. The van der Waals surface area contributed by atoms with Crippen molar-refractivity contribution in [3.05, 3.63) is 83.9 Å². The Kier molecular flexibility index (Phi) is 9.71. The standard InChI is InChI=1S/C31H38FN5O3/c1-23(2)35-15-6-16-37(31(39)24-11-13-33-14-12-24)29-10-9-26(32)19-25(29)21-36(18-17-35)30(38)22-40-28-8-5-7-27(20-28)34(3)4/h5,7-14,19-20,23H,6,15-18,21-22H2,1-4H3. The van der Waals surface area contributed by atoms with Gasteiger partial charge in [-0.25, -0.2) is 4.39 Å². The van der Waals surface area contributed by atoms with Crippen molar-refractivity contribution in [1.29, 1.82) is 0 Å². The molecule has 0 radical (unpaired) electrons. The maximum atomic E-state index is 14.6. The van der Waals surface area contributed by atoms with Crippen molar-refractivity contribution in [2.24, 2.45) is 0 Å². The largest absolute Gasteiger partial charge is 0.484 e. The van der Waals surface area contributed by atoms with Gasteiger partial charge in [0.25, 0.3) is 11.8 Å². The van der Waals surface area contributed by atoms with Crippen LogP contribution in [0.25, 0.3) is 0 Å². The minimum absolute atomic E-state index is 0.150. The lowest BCUT2D eigenvalue weighted by Crippen LogP contribution is -2.42. The van der Waals surface area contributed by atoms with Gasteiger partial charge in [-0.1, -0.05) is 6.07 Å². The van der Waals surface area contributed by atoms with Gasteiger partial charge in [-0.2, -0.15) is 0 Å². The molecule has 4 rings (SSSR count). The maximum Gasteiger partial charge on any atom is 0.260 e. The highest BCUT2D eigenvalue weighted by Crippen LogP contribution is 2.27. The number of aromatic nitrogens is 1. The van der Waals surface area contributed by atoms with E-state index in [1.165, 1.54) is 12.1 Å². The number of pyridine rings is 1. The van der Waals surface area contributed by atoms with Crippen molar-refractivity contribution < 1.29 is 18.7 Å². The molecule has 212 valence electrons. The molecule has 0 aliphatic carbocycles. The highest BCUT2D eigenvalue weighted by atomic mass is 19.1. The number of ether oxygens (including phenoxy) is 1. The van der Waals surface area contributed by atoms with Crippen LogP contribution < -0.4 is 14.5 Å². The van der Waals surface area contributed by atoms with Crippen LogP contribution in [0.5, 0.6) is 5.75 Å². The smallest absolute Gasteiger partial charge is 0.260 e. The first-order valence-corrected chi connectivity index (χ1v) is 13.6. The Balaban J connectivity index is 1.64. The van der Waals surface area contributed by atoms with Gasteiger partial charge in [-0.05, 0) is 68.3 Å². The lowest BCUT2D eigenvalue weighted by atomic mass is 10.1. The second kappa shape index (κ2) is 13.4. The Labute approximate surface area is 236 Å². The summed E-state index contributed by atoms with van der Waals surface area (Å²) in [6.07, 6.45) is 3.89. The second-order valence-corrected chi connectivity index (χ2v) is 10.4. The molecule has 0 fully saturated rings. The van der Waals surface area contributed by atoms with Gasteiger partial charge in [0.2, 0.25) is 0 Å². The molecule has 9 heteroatoms. The van der Waals surface area contributed by atoms with Crippen molar-refractivity contribution in [1.82, 2.24) is 14.8 Å². The van der Waals surface area contributed by atoms with E-state index in [0.717, 1.165) is 18.7 Å². The zero-order chi connectivity index (χ0) is 28.6. The predicted molar refractivity (Wildman–Crippen MR) is 155 cm³/mol. The number of amides is 2. The Hall–Kier alpha value is -3.98. The number of rotatable bonds is 6. The van der Waals surface area contributed by atoms with Gasteiger partial charge in [0, 0.05) is 88.3 Å². The van der Waals surface area contributed by atoms with Crippen molar-refractivity contribution >= 4 is 23.2 Å². The summed E-state index contributed by atoms with van der Waals surface area (Å²) in [6, 6.07) is 15.6. The molecular weight excluding hydrogens is 509 g/mol. The number of hydrogen-bond donors (Lipinski definition) is 0. The molecular formula is C31H38FN5O3. The average Bonchev–Trinajstić information content (AvgIpc) is 2.98. The third-order valence-corrected chi connectivity index (χ3v) is 7.13.